The molecule has 252 valence electrons. The maximum absolute atomic E-state index is 12.3. The van der Waals surface area contributed by atoms with Crippen LogP contribution in [0.5, 0.6) is 0 Å². The Balaban J connectivity index is 3.69. The van der Waals surface area contributed by atoms with Crippen molar-refractivity contribution in [1.82, 2.24) is 5.32 Å². The monoisotopic (exact) mass is 604 g/mol. The van der Waals surface area contributed by atoms with Crippen LogP contribution in [0, 0.1) is 0 Å². The fourth-order valence-electron chi connectivity index (χ4n) is 5.44. The van der Waals surface area contributed by atoms with Crippen LogP contribution in [-0.2, 0) is 4.79 Å². The number of aliphatic hydroxyl groups is 2. The van der Waals surface area contributed by atoms with Gasteiger partial charge >= 0.3 is 0 Å². The average Bonchev–Trinajstić information content (AvgIpc) is 3.01. The summed E-state index contributed by atoms with van der Waals surface area (Å²) in [6, 6.07) is -0.640. The normalized spacial score (nSPS) is 13.5. The zero-order chi connectivity index (χ0) is 31.5. The van der Waals surface area contributed by atoms with Gasteiger partial charge in [0.25, 0.3) is 0 Å². The highest BCUT2D eigenvalue weighted by Gasteiger charge is 2.17. The number of hydrogen-bond donors (Lipinski definition) is 3. The zero-order valence-corrected chi connectivity index (χ0v) is 28.7. The van der Waals surface area contributed by atoms with Gasteiger partial charge in [-0.3, -0.25) is 4.79 Å². The standard InChI is InChI=1S/C39H73NO3/c1-3-5-7-9-11-13-15-16-17-18-19-20-21-22-23-25-26-28-30-32-34-38(42)37(36-41)40-39(43)35-33-31-29-27-24-14-12-10-8-6-4-2/h20-21,25-26,32,34,37-38,41-42H,3-19,22-24,27-31,33,35-36H2,1-2H3,(H,40,43)/b21-20+,26-25+,34-32+. The van der Waals surface area contributed by atoms with Gasteiger partial charge in [0.15, 0.2) is 0 Å². The van der Waals surface area contributed by atoms with Crippen molar-refractivity contribution in [3.05, 3.63) is 36.5 Å². The number of nitrogens with one attached hydrogen (secondary N) is 1. The van der Waals surface area contributed by atoms with E-state index in [1.807, 2.05) is 6.08 Å². The molecular formula is C39H73NO3. The minimum Gasteiger partial charge on any atom is -0.394 e. The smallest absolute Gasteiger partial charge is 0.220 e. The molecule has 0 rings (SSSR count). The summed E-state index contributed by atoms with van der Waals surface area (Å²) in [6.45, 7) is 4.27. The van der Waals surface area contributed by atoms with Crippen molar-refractivity contribution in [2.75, 3.05) is 6.61 Å². The van der Waals surface area contributed by atoms with Gasteiger partial charge in [0.2, 0.25) is 5.91 Å². The van der Waals surface area contributed by atoms with Crippen LogP contribution < -0.4 is 5.32 Å². The van der Waals surface area contributed by atoms with Crippen LogP contribution in [-0.4, -0.2) is 34.9 Å². The van der Waals surface area contributed by atoms with Crippen LogP contribution in [0.2, 0.25) is 0 Å². The summed E-state index contributed by atoms with van der Waals surface area (Å²) in [5, 5.41) is 22.8. The van der Waals surface area contributed by atoms with Crippen molar-refractivity contribution in [3.63, 3.8) is 0 Å². The number of allylic oxidation sites excluding steroid dienone is 5. The van der Waals surface area contributed by atoms with E-state index in [2.05, 4.69) is 43.5 Å². The van der Waals surface area contributed by atoms with Crippen LogP contribution >= 0.6 is 0 Å². The molecule has 43 heavy (non-hydrogen) atoms. The Labute approximate surface area is 268 Å². The van der Waals surface area contributed by atoms with E-state index in [1.54, 1.807) is 6.08 Å². The van der Waals surface area contributed by atoms with Gasteiger partial charge in [0, 0.05) is 6.42 Å². The van der Waals surface area contributed by atoms with Crippen molar-refractivity contribution >= 4 is 5.91 Å². The molecule has 4 heteroatoms. The molecule has 2 atom stereocenters. The van der Waals surface area contributed by atoms with Crippen molar-refractivity contribution in [3.8, 4) is 0 Å². The molecule has 0 aromatic rings. The van der Waals surface area contributed by atoms with Gasteiger partial charge in [-0.1, -0.05) is 172 Å². The maximum Gasteiger partial charge on any atom is 0.220 e. The van der Waals surface area contributed by atoms with E-state index in [0.717, 1.165) is 38.5 Å². The highest BCUT2D eigenvalue weighted by Crippen LogP contribution is 2.13. The lowest BCUT2D eigenvalue weighted by atomic mass is 10.0. The van der Waals surface area contributed by atoms with Gasteiger partial charge < -0.3 is 15.5 Å². The van der Waals surface area contributed by atoms with E-state index in [4.69, 9.17) is 0 Å². The second kappa shape index (κ2) is 35.1. The van der Waals surface area contributed by atoms with Crippen molar-refractivity contribution in [2.45, 2.75) is 199 Å². The molecule has 0 spiro atoms. The molecule has 3 N–H and O–H groups in total. The van der Waals surface area contributed by atoms with E-state index in [1.165, 1.54) is 128 Å². The molecule has 0 bridgehead atoms. The van der Waals surface area contributed by atoms with Gasteiger partial charge in [-0.05, 0) is 44.9 Å². The summed E-state index contributed by atoms with van der Waals surface area (Å²) in [4.78, 5) is 12.3. The summed E-state index contributed by atoms with van der Waals surface area (Å²) < 4.78 is 0. The van der Waals surface area contributed by atoms with E-state index in [9.17, 15) is 15.0 Å². The van der Waals surface area contributed by atoms with Gasteiger partial charge in [0.1, 0.15) is 0 Å². The molecule has 0 heterocycles. The molecule has 0 aliphatic carbocycles. The molecule has 0 saturated carbocycles. The summed E-state index contributed by atoms with van der Waals surface area (Å²) in [7, 11) is 0. The van der Waals surface area contributed by atoms with Crippen molar-refractivity contribution in [2.24, 2.45) is 0 Å². The number of rotatable bonds is 33. The molecule has 0 fully saturated rings. The minimum atomic E-state index is -0.865. The van der Waals surface area contributed by atoms with Crippen molar-refractivity contribution in [1.29, 1.82) is 0 Å². The third-order valence-electron chi connectivity index (χ3n) is 8.35. The predicted molar refractivity (Wildman–Crippen MR) is 188 cm³/mol. The number of unbranched alkanes of at least 4 members (excludes halogenated alkanes) is 22. The lowest BCUT2D eigenvalue weighted by Crippen LogP contribution is -2.45. The predicted octanol–water partition coefficient (Wildman–Crippen LogP) is 11.1. The third kappa shape index (κ3) is 31.8. The number of carbonyl (C=O) groups excluding carboxylic acids is 1. The third-order valence-corrected chi connectivity index (χ3v) is 8.35. The van der Waals surface area contributed by atoms with Crippen molar-refractivity contribution < 1.29 is 15.0 Å². The molecule has 0 aliphatic rings. The molecule has 0 radical (unpaired) electrons. The lowest BCUT2D eigenvalue weighted by molar-refractivity contribution is -0.123. The van der Waals surface area contributed by atoms with Crippen LogP contribution in [0.4, 0.5) is 0 Å². The molecule has 0 aromatic heterocycles. The molecular weight excluding hydrogens is 530 g/mol. The number of amides is 1. The fraction of sp³-hybridized carbons (Fsp3) is 0.821. The Kier molecular flexibility index (Phi) is 34.0. The van der Waals surface area contributed by atoms with Crippen LogP contribution in [0.15, 0.2) is 36.5 Å². The summed E-state index contributed by atoms with van der Waals surface area (Å²) in [5.41, 5.74) is 0. The Morgan fingerprint density at radius 2 is 0.907 bits per heavy atom. The average molecular weight is 604 g/mol. The summed E-state index contributed by atoms with van der Waals surface area (Å²) in [6.07, 6.45) is 45.2. The first-order valence-electron chi connectivity index (χ1n) is 18.7. The number of aliphatic hydroxyl groups excluding tert-OH is 2. The lowest BCUT2D eigenvalue weighted by Gasteiger charge is -2.19. The first-order chi connectivity index (χ1) is 21.2. The largest absolute Gasteiger partial charge is 0.394 e. The molecule has 0 aliphatic heterocycles. The number of hydrogen-bond acceptors (Lipinski definition) is 3. The van der Waals surface area contributed by atoms with Crippen LogP contribution in [0.25, 0.3) is 0 Å². The summed E-state index contributed by atoms with van der Waals surface area (Å²) >= 11 is 0. The first kappa shape index (κ1) is 41.6. The highest BCUT2D eigenvalue weighted by atomic mass is 16.3. The van der Waals surface area contributed by atoms with Gasteiger partial charge in [-0.2, -0.15) is 0 Å². The van der Waals surface area contributed by atoms with Gasteiger partial charge in [-0.15, -0.1) is 0 Å². The summed E-state index contributed by atoms with van der Waals surface area (Å²) in [5.74, 6) is -0.0806. The Morgan fingerprint density at radius 3 is 1.35 bits per heavy atom. The van der Waals surface area contributed by atoms with E-state index in [-0.39, 0.29) is 12.5 Å². The molecule has 0 aromatic carbocycles. The zero-order valence-electron chi connectivity index (χ0n) is 28.7. The van der Waals surface area contributed by atoms with E-state index in [0.29, 0.717) is 6.42 Å². The number of carbonyl (C=O) groups is 1. The SMILES string of the molecule is CCCCCCCCCCCC/C=C/CC/C=C/CC/C=C/C(O)C(CO)NC(=O)CCCCCCCCCCCCC. The van der Waals surface area contributed by atoms with E-state index < -0.39 is 12.1 Å². The second-order valence-electron chi connectivity index (χ2n) is 12.6. The first-order valence-corrected chi connectivity index (χ1v) is 18.7. The quantitative estimate of drug-likeness (QED) is 0.0516. The molecule has 1 amide bonds. The molecule has 0 saturated heterocycles. The maximum atomic E-state index is 12.3. The Hall–Kier alpha value is -1.39. The minimum absolute atomic E-state index is 0.0806. The topological polar surface area (TPSA) is 69.6 Å². The molecule has 2 unspecified atom stereocenters. The fourth-order valence-corrected chi connectivity index (χ4v) is 5.44. The second-order valence-corrected chi connectivity index (χ2v) is 12.6. The Bertz CT molecular complexity index is 657. The van der Waals surface area contributed by atoms with Gasteiger partial charge in [-0.25, -0.2) is 0 Å². The van der Waals surface area contributed by atoms with Crippen LogP contribution in [0.3, 0.4) is 0 Å². The molecule has 4 nitrogen and oxygen atoms in total. The van der Waals surface area contributed by atoms with E-state index >= 15 is 0 Å². The van der Waals surface area contributed by atoms with Crippen LogP contribution in [0.1, 0.15) is 187 Å². The Morgan fingerprint density at radius 1 is 0.535 bits per heavy atom. The van der Waals surface area contributed by atoms with Gasteiger partial charge in [0.05, 0.1) is 18.8 Å². The highest BCUT2D eigenvalue weighted by molar-refractivity contribution is 5.76.